The van der Waals surface area contributed by atoms with Gasteiger partial charge in [0.1, 0.15) is 11.6 Å². The zero-order valence-corrected chi connectivity index (χ0v) is 16.6. The van der Waals surface area contributed by atoms with E-state index >= 15 is 0 Å². The van der Waals surface area contributed by atoms with Crippen molar-refractivity contribution in [1.29, 1.82) is 0 Å². The zero-order valence-electron chi connectivity index (χ0n) is 16.6. The molecule has 0 fully saturated rings. The molecule has 2 heterocycles. The van der Waals surface area contributed by atoms with Crippen LogP contribution < -0.4 is 10.6 Å². The Balaban J connectivity index is 1.65. The van der Waals surface area contributed by atoms with E-state index in [9.17, 15) is 0 Å². The van der Waals surface area contributed by atoms with Crippen molar-refractivity contribution >= 4 is 5.96 Å². The Morgan fingerprint density at radius 3 is 2.85 bits per heavy atom. The second-order valence-electron chi connectivity index (χ2n) is 6.82. The van der Waals surface area contributed by atoms with Crippen LogP contribution in [0.15, 0.2) is 4.99 Å². The van der Waals surface area contributed by atoms with Crippen LogP contribution in [0.2, 0.25) is 0 Å². The topological polar surface area (TPSA) is 79.6 Å². The van der Waals surface area contributed by atoms with Gasteiger partial charge in [-0.2, -0.15) is 0 Å². The number of ether oxygens (including phenoxy) is 1. The molecule has 1 aromatic heterocycles. The Morgan fingerprint density at radius 2 is 2.04 bits per heavy atom. The Kier molecular flexibility index (Phi) is 9.41. The van der Waals surface area contributed by atoms with Gasteiger partial charge >= 0.3 is 0 Å². The van der Waals surface area contributed by atoms with Gasteiger partial charge in [0, 0.05) is 66.3 Å². The summed E-state index contributed by atoms with van der Waals surface area (Å²) in [6.07, 6.45) is 6.73. The van der Waals surface area contributed by atoms with Gasteiger partial charge in [-0.25, -0.2) is 0 Å². The molecule has 8 nitrogen and oxygen atoms in total. The summed E-state index contributed by atoms with van der Waals surface area (Å²) in [6.45, 7) is 5.56. The van der Waals surface area contributed by atoms with E-state index in [1.54, 1.807) is 14.2 Å². The molecule has 0 unspecified atom stereocenters. The number of hydrogen-bond acceptors (Lipinski definition) is 5. The number of methoxy groups -OCH3 is 1. The van der Waals surface area contributed by atoms with Crippen molar-refractivity contribution in [2.45, 2.75) is 45.1 Å². The van der Waals surface area contributed by atoms with Crippen LogP contribution >= 0.6 is 0 Å². The molecule has 26 heavy (non-hydrogen) atoms. The Bertz CT molecular complexity index is 544. The zero-order chi connectivity index (χ0) is 18.6. The van der Waals surface area contributed by atoms with Crippen molar-refractivity contribution in [3.8, 4) is 0 Å². The van der Waals surface area contributed by atoms with E-state index in [4.69, 9.17) is 4.74 Å². The third-order valence-electron chi connectivity index (χ3n) is 4.73. The summed E-state index contributed by atoms with van der Waals surface area (Å²) in [5.41, 5.74) is 0. The minimum absolute atomic E-state index is 0.807. The fourth-order valence-electron chi connectivity index (χ4n) is 3.20. The molecule has 0 aromatic carbocycles. The number of guanidine groups is 1. The molecular weight excluding hydrogens is 330 g/mol. The van der Waals surface area contributed by atoms with Gasteiger partial charge in [-0.05, 0) is 26.3 Å². The number of aliphatic imine (C=N–C) groups is 1. The van der Waals surface area contributed by atoms with Crippen LogP contribution in [0.3, 0.4) is 0 Å². The minimum Gasteiger partial charge on any atom is -0.385 e. The molecule has 0 saturated carbocycles. The van der Waals surface area contributed by atoms with Gasteiger partial charge < -0.3 is 24.8 Å². The van der Waals surface area contributed by atoms with E-state index in [1.807, 2.05) is 0 Å². The third-order valence-corrected chi connectivity index (χ3v) is 4.73. The van der Waals surface area contributed by atoms with Crippen LogP contribution in [-0.4, -0.2) is 79.6 Å². The van der Waals surface area contributed by atoms with E-state index in [-0.39, 0.29) is 0 Å². The van der Waals surface area contributed by atoms with Crippen molar-refractivity contribution in [2.75, 3.05) is 54.0 Å². The van der Waals surface area contributed by atoms with Gasteiger partial charge in [-0.1, -0.05) is 6.42 Å². The molecule has 0 spiro atoms. The van der Waals surface area contributed by atoms with Gasteiger partial charge in [0.15, 0.2) is 5.96 Å². The number of fused-ring (bicyclic) bond motifs is 1. The summed E-state index contributed by atoms with van der Waals surface area (Å²) in [4.78, 5) is 6.59. The molecule has 1 aliphatic rings. The standard InChI is InChI=1S/C18H35N7O/c1-19-18(21-11-14-24(2)12-7-15-26-3)20-10-9-17-23-22-16-8-5-4-6-13-25(16)17/h4-15H2,1-3H3,(H2,19,20,21). The molecule has 1 aromatic rings. The van der Waals surface area contributed by atoms with Crippen molar-refractivity contribution in [2.24, 2.45) is 4.99 Å². The van der Waals surface area contributed by atoms with E-state index in [1.165, 1.54) is 19.3 Å². The normalized spacial score (nSPS) is 15.0. The highest BCUT2D eigenvalue weighted by molar-refractivity contribution is 5.79. The predicted molar refractivity (Wildman–Crippen MR) is 105 cm³/mol. The van der Waals surface area contributed by atoms with Gasteiger partial charge in [-0.3, -0.25) is 4.99 Å². The number of aromatic nitrogens is 3. The second-order valence-corrected chi connectivity index (χ2v) is 6.82. The maximum atomic E-state index is 5.09. The highest BCUT2D eigenvalue weighted by Gasteiger charge is 2.14. The van der Waals surface area contributed by atoms with Crippen molar-refractivity contribution in [3.05, 3.63) is 11.6 Å². The number of nitrogens with zero attached hydrogens (tertiary/aromatic N) is 5. The van der Waals surface area contributed by atoms with E-state index in [2.05, 4.69) is 42.3 Å². The van der Waals surface area contributed by atoms with Gasteiger partial charge in [0.05, 0.1) is 0 Å². The third kappa shape index (κ3) is 6.92. The van der Waals surface area contributed by atoms with Crippen LogP contribution in [0.4, 0.5) is 0 Å². The molecule has 148 valence electrons. The summed E-state index contributed by atoms with van der Waals surface area (Å²) in [7, 11) is 5.68. The van der Waals surface area contributed by atoms with Crippen LogP contribution in [0.1, 0.15) is 37.3 Å². The first-order valence-electron chi connectivity index (χ1n) is 9.77. The first-order valence-corrected chi connectivity index (χ1v) is 9.77. The molecule has 0 saturated heterocycles. The van der Waals surface area contributed by atoms with Crippen LogP contribution in [0.5, 0.6) is 0 Å². The molecule has 2 N–H and O–H groups in total. The minimum atomic E-state index is 0.807. The number of likely N-dealkylation sites (N-methyl/N-ethyl adjacent to an activating group) is 1. The van der Waals surface area contributed by atoms with Crippen molar-refractivity contribution in [3.63, 3.8) is 0 Å². The number of hydrogen-bond donors (Lipinski definition) is 2. The Hall–Kier alpha value is -1.67. The maximum absolute atomic E-state index is 5.09. The van der Waals surface area contributed by atoms with E-state index in [0.29, 0.717) is 0 Å². The monoisotopic (exact) mass is 365 g/mol. The fraction of sp³-hybridized carbons (Fsp3) is 0.833. The van der Waals surface area contributed by atoms with Gasteiger partial charge in [-0.15, -0.1) is 10.2 Å². The molecule has 0 atom stereocenters. The average molecular weight is 366 g/mol. The maximum Gasteiger partial charge on any atom is 0.191 e. The molecule has 0 radical (unpaired) electrons. The number of nitrogens with one attached hydrogen (secondary N) is 2. The highest BCUT2D eigenvalue weighted by Crippen LogP contribution is 2.14. The molecule has 8 heteroatoms. The van der Waals surface area contributed by atoms with E-state index < -0.39 is 0 Å². The summed E-state index contributed by atoms with van der Waals surface area (Å²) in [5, 5.41) is 15.5. The molecule has 0 bridgehead atoms. The summed E-state index contributed by atoms with van der Waals surface area (Å²) >= 11 is 0. The Labute approximate surface area is 157 Å². The summed E-state index contributed by atoms with van der Waals surface area (Å²) < 4.78 is 7.39. The lowest BCUT2D eigenvalue weighted by Crippen LogP contribution is -2.41. The lowest BCUT2D eigenvalue weighted by molar-refractivity contribution is 0.180. The van der Waals surface area contributed by atoms with Gasteiger partial charge in [0.2, 0.25) is 0 Å². The van der Waals surface area contributed by atoms with Crippen molar-refractivity contribution in [1.82, 2.24) is 30.3 Å². The lowest BCUT2D eigenvalue weighted by atomic mass is 10.2. The average Bonchev–Trinajstić information content (AvgIpc) is 2.87. The van der Waals surface area contributed by atoms with Crippen LogP contribution in [0.25, 0.3) is 0 Å². The fourth-order valence-corrected chi connectivity index (χ4v) is 3.20. The molecule has 2 rings (SSSR count). The molecule has 0 amide bonds. The van der Waals surface area contributed by atoms with Gasteiger partial charge in [0.25, 0.3) is 0 Å². The number of rotatable bonds is 10. The lowest BCUT2D eigenvalue weighted by Gasteiger charge is -2.18. The molecule has 1 aliphatic heterocycles. The highest BCUT2D eigenvalue weighted by atomic mass is 16.5. The first-order chi connectivity index (χ1) is 12.7. The Morgan fingerprint density at radius 1 is 1.19 bits per heavy atom. The van der Waals surface area contributed by atoms with Crippen molar-refractivity contribution < 1.29 is 4.74 Å². The largest absolute Gasteiger partial charge is 0.385 e. The van der Waals surface area contributed by atoms with Crippen LogP contribution in [-0.2, 0) is 24.1 Å². The van der Waals surface area contributed by atoms with E-state index in [0.717, 1.165) is 76.2 Å². The molecular formula is C18H35N7O. The first kappa shape index (κ1) is 20.6. The quantitative estimate of drug-likeness (QED) is 0.361. The smallest absolute Gasteiger partial charge is 0.191 e. The predicted octanol–water partition coefficient (Wildman–Crippen LogP) is 0.680. The number of aryl methyl sites for hydroxylation is 1. The van der Waals surface area contributed by atoms with Crippen LogP contribution in [0, 0.1) is 0 Å². The second kappa shape index (κ2) is 11.9. The summed E-state index contributed by atoms with van der Waals surface area (Å²) in [5.74, 6) is 3.07. The SMILES string of the molecule is CN=C(NCCc1nnc2n1CCCCC2)NCCN(C)CCCOC. The summed E-state index contributed by atoms with van der Waals surface area (Å²) in [6, 6.07) is 0. The molecule has 0 aliphatic carbocycles.